The molecule has 1 heterocycles. The molecule has 0 bridgehead atoms. The highest BCUT2D eigenvalue weighted by molar-refractivity contribution is 5.99. The van der Waals surface area contributed by atoms with Crippen molar-refractivity contribution in [3.63, 3.8) is 0 Å². The summed E-state index contributed by atoms with van der Waals surface area (Å²) in [5.74, 6) is 0.812. The summed E-state index contributed by atoms with van der Waals surface area (Å²) in [5, 5.41) is 5.17. The first kappa shape index (κ1) is 20.9. The van der Waals surface area contributed by atoms with E-state index >= 15 is 0 Å². The van der Waals surface area contributed by atoms with E-state index in [9.17, 15) is 9.59 Å². The largest absolute Gasteiger partial charge is 0.493 e. The van der Waals surface area contributed by atoms with Gasteiger partial charge in [0.25, 0.3) is 5.91 Å². The Morgan fingerprint density at radius 3 is 2.55 bits per heavy atom. The van der Waals surface area contributed by atoms with Crippen molar-refractivity contribution in [2.75, 3.05) is 25.0 Å². The van der Waals surface area contributed by atoms with Crippen LogP contribution in [0.1, 0.15) is 41.6 Å². The fourth-order valence-electron chi connectivity index (χ4n) is 4.04. The van der Waals surface area contributed by atoms with Crippen molar-refractivity contribution in [3.05, 3.63) is 71.8 Å². The average molecular weight is 417 g/mol. The molecule has 0 unspecified atom stereocenters. The van der Waals surface area contributed by atoms with Gasteiger partial charge in [0.2, 0.25) is 5.91 Å². The van der Waals surface area contributed by atoms with Crippen LogP contribution in [0, 0.1) is 6.92 Å². The molecule has 0 aliphatic carbocycles. The van der Waals surface area contributed by atoms with Crippen molar-refractivity contribution in [1.29, 1.82) is 0 Å². The molecular formula is C26H28N2O3. The smallest absolute Gasteiger partial charge is 0.254 e. The normalized spacial score (nSPS) is 13.4. The van der Waals surface area contributed by atoms with Crippen LogP contribution >= 0.6 is 0 Å². The predicted octanol–water partition coefficient (Wildman–Crippen LogP) is 5.18. The molecule has 3 aromatic rings. The quantitative estimate of drug-likeness (QED) is 0.540. The van der Waals surface area contributed by atoms with Crippen LogP contribution in [0.5, 0.6) is 5.75 Å². The summed E-state index contributed by atoms with van der Waals surface area (Å²) in [6, 6.07) is 19.6. The van der Waals surface area contributed by atoms with Crippen LogP contribution in [0.2, 0.25) is 0 Å². The second-order valence-electron chi connectivity index (χ2n) is 7.95. The van der Waals surface area contributed by atoms with Gasteiger partial charge >= 0.3 is 0 Å². The van der Waals surface area contributed by atoms with Crippen molar-refractivity contribution in [2.24, 2.45) is 0 Å². The molecule has 31 heavy (non-hydrogen) atoms. The third-order valence-electron chi connectivity index (χ3n) is 5.79. The van der Waals surface area contributed by atoms with Crippen LogP contribution in [-0.4, -0.2) is 36.4 Å². The van der Waals surface area contributed by atoms with Gasteiger partial charge in [-0.25, -0.2) is 0 Å². The van der Waals surface area contributed by atoms with Crippen LogP contribution < -0.4 is 10.1 Å². The number of rotatable bonds is 7. The summed E-state index contributed by atoms with van der Waals surface area (Å²) in [6.45, 7) is 3.98. The number of nitrogens with zero attached hydrogens (tertiary/aromatic N) is 1. The van der Waals surface area contributed by atoms with E-state index in [1.165, 1.54) is 0 Å². The molecule has 160 valence electrons. The SMILES string of the molecule is Cc1c(NC(=O)CCCOc2cccc3ccccc23)cccc1C(=O)N1CCCC1. The Hall–Kier alpha value is -3.34. The van der Waals surface area contributed by atoms with Crippen LogP contribution in [0.15, 0.2) is 60.7 Å². The average Bonchev–Trinajstić information content (AvgIpc) is 3.33. The minimum atomic E-state index is -0.0737. The zero-order valence-electron chi connectivity index (χ0n) is 17.9. The number of benzene rings is 3. The molecular weight excluding hydrogens is 388 g/mol. The Morgan fingerprint density at radius 2 is 1.71 bits per heavy atom. The van der Waals surface area contributed by atoms with Gasteiger partial charge in [-0.2, -0.15) is 0 Å². The number of carbonyl (C=O) groups excluding carboxylic acids is 2. The molecule has 5 heteroatoms. The Bertz CT molecular complexity index is 1080. The Balaban J connectivity index is 1.31. The van der Waals surface area contributed by atoms with Gasteiger partial charge in [-0.05, 0) is 55.3 Å². The molecule has 0 radical (unpaired) electrons. The first-order valence-corrected chi connectivity index (χ1v) is 10.9. The maximum absolute atomic E-state index is 12.7. The Labute approximate surface area is 183 Å². The van der Waals surface area contributed by atoms with Crippen molar-refractivity contribution >= 4 is 28.3 Å². The second-order valence-corrected chi connectivity index (χ2v) is 7.95. The van der Waals surface area contributed by atoms with Crippen molar-refractivity contribution in [1.82, 2.24) is 4.90 Å². The van der Waals surface area contributed by atoms with E-state index in [1.807, 2.05) is 60.4 Å². The van der Waals surface area contributed by atoms with E-state index in [-0.39, 0.29) is 11.8 Å². The summed E-state index contributed by atoms with van der Waals surface area (Å²) in [4.78, 5) is 27.1. The number of fused-ring (bicyclic) bond motifs is 1. The van der Waals surface area contributed by atoms with Gasteiger partial charge in [-0.3, -0.25) is 9.59 Å². The van der Waals surface area contributed by atoms with Crippen LogP contribution in [0.4, 0.5) is 5.69 Å². The lowest BCUT2D eigenvalue weighted by atomic mass is 10.1. The molecule has 1 N–H and O–H groups in total. The number of carbonyl (C=O) groups is 2. The number of nitrogens with one attached hydrogen (secondary N) is 1. The summed E-state index contributed by atoms with van der Waals surface area (Å²) in [5.41, 5.74) is 2.18. The van der Waals surface area contributed by atoms with E-state index in [4.69, 9.17) is 4.74 Å². The van der Waals surface area contributed by atoms with E-state index in [1.54, 1.807) is 0 Å². The van der Waals surface area contributed by atoms with E-state index in [0.717, 1.165) is 48.0 Å². The summed E-state index contributed by atoms with van der Waals surface area (Å²) >= 11 is 0. The van der Waals surface area contributed by atoms with Gasteiger partial charge in [0.15, 0.2) is 0 Å². The van der Waals surface area contributed by atoms with Crippen LogP contribution in [0.3, 0.4) is 0 Å². The molecule has 0 saturated carbocycles. The first-order valence-electron chi connectivity index (χ1n) is 10.9. The molecule has 1 fully saturated rings. The highest BCUT2D eigenvalue weighted by atomic mass is 16.5. The molecule has 3 aromatic carbocycles. The highest BCUT2D eigenvalue weighted by Crippen LogP contribution is 2.25. The van der Waals surface area contributed by atoms with Gasteiger partial charge in [0.05, 0.1) is 6.61 Å². The fraction of sp³-hybridized carbons (Fsp3) is 0.308. The Kier molecular flexibility index (Phi) is 6.51. The van der Waals surface area contributed by atoms with Crippen LogP contribution in [-0.2, 0) is 4.79 Å². The lowest BCUT2D eigenvalue weighted by Crippen LogP contribution is -2.28. The van der Waals surface area contributed by atoms with Crippen molar-refractivity contribution in [2.45, 2.75) is 32.6 Å². The molecule has 5 nitrogen and oxygen atoms in total. The molecule has 1 aliphatic rings. The monoisotopic (exact) mass is 416 g/mol. The number of amides is 2. The minimum absolute atomic E-state index is 0.0505. The van der Waals surface area contributed by atoms with Gasteiger partial charge in [0.1, 0.15) is 5.75 Å². The number of likely N-dealkylation sites (tertiary alicyclic amines) is 1. The topological polar surface area (TPSA) is 58.6 Å². The molecule has 2 amide bonds. The van der Waals surface area contributed by atoms with Gasteiger partial charge < -0.3 is 15.0 Å². The molecule has 0 atom stereocenters. The van der Waals surface area contributed by atoms with E-state index in [2.05, 4.69) is 17.4 Å². The third-order valence-corrected chi connectivity index (χ3v) is 5.79. The summed E-state index contributed by atoms with van der Waals surface area (Å²) < 4.78 is 5.92. The van der Waals surface area contributed by atoms with Crippen LogP contribution in [0.25, 0.3) is 10.8 Å². The van der Waals surface area contributed by atoms with E-state index in [0.29, 0.717) is 30.7 Å². The lowest BCUT2D eigenvalue weighted by molar-refractivity contribution is -0.116. The second kappa shape index (κ2) is 9.65. The third kappa shape index (κ3) is 4.88. The van der Waals surface area contributed by atoms with Gasteiger partial charge in [-0.1, -0.05) is 42.5 Å². The number of ether oxygens (including phenoxy) is 1. The van der Waals surface area contributed by atoms with E-state index < -0.39 is 0 Å². The number of hydrogen-bond acceptors (Lipinski definition) is 3. The van der Waals surface area contributed by atoms with Crippen molar-refractivity contribution in [3.8, 4) is 5.75 Å². The molecule has 0 aromatic heterocycles. The fourth-order valence-corrected chi connectivity index (χ4v) is 4.04. The predicted molar refractivity (Wildman–Crippen MR) is 124 cm³/mol. The van der Waals surface area contributed by atoms with Gasteiger partial charge in [-0.15, -0.1) is 0 Å². The summed E-state index contributed by atoms with van der Waals surface area (Å²) in [7, 11) is 0. The molecule has 1 saturated heterocycles. The molecule has 1 aliphatic heterocycles. The zero-order chi connectivity index (χ0) is 21.6. The number of anilines is 1. The Morgan fingerprint density at radius 1 is 0.968 bits per heavy atom. The minimum Gasteiger partial charge on any atom is -0.493 e. The zero-order valence-corrected chi connectivity index (χ0v) is 17.9. The number of hydrogen-bond donors (Lipinski definition) is 1. The first-order chi connectivity index (χ1) is 15.1. The maximum Gasteiger partial charge on any atom is 0.254 e. The summed E-state index contributed by atoms with van der Waals surface area (Å²) in [6.07, 6.45) is 3.08. The molecule has 4 rings (SSSR count). The maximum atomic E-state index is 12.7. The van der Waals surface area contributed by atoms with Gasteiger partial charge in [0, 0.05) is 36.1 Å². The lowest BCUT2D eigenvalue weighted by Gasteiger charge is -2.18. The molecule has 0 spiro atoms. The van der Waals surface area contributed by atoms with Crippen molar-refractivity contribution < 1.29 is 14.3 Å². The highest BCUT2D eigenvalue weighted by Gasteiger charge is 2.22. The standard InChI is InChI=1S/C26H28N2O3/c1-19-21(26(30)28-16-4-5-17-28)12-7-13-23(19)27-25(29)15-8-18-31-24-14-6-10-20-9-2-3-11-22(20)24/h2-3,6-7,9-14H,4-5,8,15-18H2,1H3,(H,27,29).